The van der Waals surface area contributed by atoms with E-state index in [1.807, 2.05) is 0 Å². The molecule has 0 amide bonds. The predicted octanol–water partition coefficient (Wildman–Crippen LogP) is 1.44. The Kier molecular flexibility index (Phi) is 2.83. The van der Waals surface area contributed by atoms with Crippen LogP contribution in [0.15, 0.2) is 12.3 Å². The van der Waals surface area contributed by atoms with E-state index in [0.29, 0.717) is 5.56 Å². The molecule has 15 heavy (non-hydrogen) atoms. The number of pyridine rings is 1. The van der Waals surface area contributed by atoms with Crippen LogP contribution in [0.1, 0.15) is 5.56 Å². The largest absolute Gasteiger partial charge is 0.491 e. The maximum atomic E-state index is 11.8. The van der Waals surface area contributed by atoms with Crippen LogP contribution in [0.3, 0.4) is 0 Å². The van der Waals surface area contributed by atoms with Gasteiger partial charge in [0.25, 0.3) is 0 Å². The number of esters is 1. The number of halogens is 3. The second-order valence-corrected chi connectivity index (χ2v) is 2.78. The predicted molar refractivity (Wildman–Crippen MR) is 45.1 cm³/mol. The Morgan fingerprint density at radius 2 is 2.13 bits per heavy atom. The van der Waals surface area contributed by atoms with Crippen LogP contribution < -0.4 is 10.5 Å². The summed E-state index contributed by atoms with van der Waals surface area (Å²) in [6.07, 6.45) is -3.70. The van der Waals surface area contributed by atoms with E-state index >= 15 is 0 Å². The zero-order valence-corrected chi connectivity index (χ0v) is 7.63. The Hall–Kier alpha value is -1.79. The fourth-order valence-electron chi connectivity index (χ4n) is 0.792. The van der Waals surface area contributed by atoms with Gasteiger partial charge in [0.05, 0.1) is 0 Å². The Balaban J connectivity index is 2.90. The van der Waals surface area contributed by atoms with E-state index in [0.717, 1.165) is 0 Å². The molecule has 2 N–H and O–H groups in total. The molecule has 0 bridgehead atoms. The van der Waals surface area contributed by atoms with E-state index in [4.69, 9.17) is 5.73 Å². The average Bonchev–Trinajstić information content (AvgIpc) is 2.09. The van der Waals surface area contributed by atoms with E-state index < -0.39 is 17.9 Å². The lowest BCUT2D eigenvalue weighted by Gasteiger charge is -2.08. The van der Waals surface area contributed by atoms with Gasteiger partial charge in [0.2, 0.25) is 0 Å². The average molecular weight is 220 g/mol. The highest BCUT2D eigenvalue weighted by molar-refractivity contribution is 5.79. The number of aromatic nitrogens is 1. The maximum Gasteiger partial charge on any atom is 0.491 e. The molecule has 1 aromatic rings. The van der Waals surface area contributed by atoms with Crippen LogP contribution in [0.5, 0.6) is 5.75 Å². The Bertz CT molecular complexity index is 390. The van der Waals surface area contributed by atoms with Crippen LogP contribution in [0.25, 0.3) is 0 Å². The number of nitrogens with zero attached hydrogens (tertiary/aromatic N) is 1. The van der Waals surface area contributed by atoms with Gasteiger partial charge in [-0.25, -0.2) is 9.78 Å². The molecule has 0 atom stereocenters. The summed E-state index contributed by atoms with van der Waals surface area (Å²) in [5.74, 6) is -2.97. The Morgan fingerprint density at radius 1 is 1.53 bits per heavy atom. The summed E-state index contributed by atoms with van der Waals surface area (Å²) in [6.45, 7) is 1.58. The Labute approximate surface area is 82.9 Å². The van der Waals surface area contributed by atoms with Crippen molar-refractivity contribution in [2.24, 2.45) is 0 Å². The van der Waals surface area contributed by atoms with Gasteiger partial charge in [0.15, 0.2) is 11.6 Å². The first-order valence-electron chi connectivity index (χ1n) is 3.82. The standard InChI is InChI=1S/C8H7F3N2O2/c1-4-2-5(6(12)13-3-4)15-7(14)8(9,10)11/h2-3H,1H3,(H2,12,13). The van der Waals surface area contributed by atoms with Crippen molar-refractivity contribution in [1.82, 2.24) is 4.98 Å². The minimum absolute atomic E-state index is 0.266. The molecular formula is C8H7F3N2O2. The van der Waals surface area contributed by atoms with Crippen LogP contribution >= 0.6 is 0 Å². The number of hydrogen-bond acceptors (Lipinski definition) is 4. The highest BCUT2D eigenvalue weighted by atomic mass is 19.4. The van der Waals surface area contributed by atoms with Crippen LogP contribution in [0.2, 0.25) is 0 Å². The molecule has 0 radical (unpaired) electrons. The lowest BCUT2D eigenvalue weighted by Crippen LogP contribution is -2.28. The van der Waals surface area contributed by atoms with Gasteiger partial charge in [0.1, 0.15) is 0 Å². The van der Waals surface area contributed by atoms with Crippen molar-refractivity contribution in [1.29, 1.82) is 0 Å². The van der Waals surface area contributed by atoms with Gasteiger partial charge < -0.3 is 10.5 Å². The zero-order chi connectivity index (χ0) is 11.6. The first kappa shape index (κ1) is 11.3. The number of ether oxygens (including phenoxy) is 1. The van der Waals surface area contributed by atoms with Crippen molar-refractivity contribution < 1.29 is 22.7 Å². The molecule has 1 aromatic heterocycles. The molecule has 0 aliphatic rings. The number of nitrogens with two attached hydrogens (primary N) is 1. The lowest BCUT2D eigenvalue weighted by molar-refractivity contribution is -0.189. The molecule has 0 unspecified atom stereocenters. The van der Waals surface area contributed by atoms with Gasteiger partial charge in [-0.15, -0.1) is 0 Å². The van der Waals surface area contributed by atoms with Crippen LogP contribution in [0.4, 0.5) is 19.0 Å². The molecule has 1 heterocycles. The van der Waals surface area contributed by atoms with Crippen molar-refractivity contribution in [3.05, 3.63) is 17.8 Å². The quantitative estimate of drug-likeness (QED) is 0.727. The number of carbonyl (C=O) groups excluding carboxylic acids is 1. The third-order valence-corrected chi connectivity index (χ3v) is 1.45. The summed E-state index contributed by atoms with van der Waals surface area (Å²) in [7, 11) is 0. The summed E-state index contributed by atoms with van der Waals surface area (Å²) < 4.78 is 39.5. The van der Waals surface area contributed by atoms with Crippen molar-refractivity contribution >= 4 is 11.8 Å². The van der Waals surface area contributed by atoms with Gasteiger partial charge >= 0.3 is 12.1 Å². The van der Waals surface area contributed by atoms with Crippen molar-refractivity contribution in [2.75, 3.05) is 5.73 Å². The fourth-order valence-corrected chi connectivity index (χ4v) is 0.792. The van der Waals surface area contributed by atoms with Crippen molar-refractivity contribution in [3.63, 3.8) is 0 Å². The molecule has 7 heteroatoms. The lowest BCUT2D eigenvalue weighted by atomic mass is 10.3. The smallest absolute Gasteiger partial charge is 0.416 e. The van der Waals surface area contributed by atoms with Crippen molar-refractivity contribution in [2.45, 2.75) is 13.1 Å². The van der Waals surface area contributed by atoms with Gasteiger partial charge in [-0.05, 0) is 18.6 Å². The summed E-state index contributed by atoms with van der Waals surface area (Å²) in [5.41, 5.74) is 5.76. The molecule has 82 valence electrons. The monoisotopic (exact) mass is 220 g/mol. The minimum Gasteiger partial charge on any atom is -0.416 e. The fraction of sp³-hybridized carbons (Fsp3) is 0.250. The van der Waals surface area contributed by atoms with Gasteiger partial charge in [0, 0.05) is 6.20 Å². The maximum absolute atomic E-state index is 11.8. The number of alkyl halides is 3. The minimum atomic E-state index is -5.05. The van der Waals surface area contributed by atoms with E-state index in [-0.39, 0.29) is 5.82 Å². The summed E-state index contributed by atoms with van der Waals surface area (Å²) in [4.78, 5) is 14.0. The number of hydrogen-bond donors (Lipinski definition) is 1. The van der Waals surface area contributed by atoms with Gasteiger partial charge in [-0.3, -0.25) is 0 Å². The third-order valence-electron chi connectivity index (χ3n) is 1.45. The van der Waals surface area contributed by atoms with E-state index in [9.17, 15) is 18.0 Å². The second-order valence-electron chi connectivity index (χ2n) is 2.78. The van der Waals surface area contributed by atoms with Gasteiger partial charge in [-0.2, -0.15) is 13.2 Å². The van der Waals surface area contributed by atoms with Crippen LogP contribution in [0, 0.1) is 6.92 Å². The number of rotatable bonds is 1. The highest BCUT2D eigenvalue weighted by Gasteiger charge is 2.41. The summed E-state index contributed by atoms with van der Waals surface area (Å²) >= 11 is 0. The number of nitrogen functional groups attached to an aromatic ring is 1. The Morgan fingerprint density at radius 3 is 2.67 bits per heavy atom. The van der Waals surface area contributed by atoms with Gasteiger partial charge in [-0.1, -0.05) is 0 Å². The van der Waals surface area contributed by atoms with Crippen LogP contribution in [-0.2, 0) is 4.79 Å². The van der Waals surface area contributed by atoms with Crippen molar-refractivity contribution in [3.8, 4) is 5.75 Å². The molecule has 1 rings (SSSR count). The number of carbonyl (C=O) groups is 1. The first-order chi connectivity index (χ1) is 6.80. The molecule has 4 nitrogen and oxygen atoms in total. The third kappa shape index (κ3) is 2.83. The summed E-state index contributed by atoms with van der Waals surface area (Å²) in [6, 6.07) is 1.20. The topological polar surface area (TPSA) is 65.2 Å². The second kappa shape index (κ2) is 3.76. The number of aryl methyl sites for hydroxylation is 1. The van der Waals surface area contributed by atoms with E-state index in [2.05, 4.69) is 9.72 Å². The molecule has 0 fully saturated rings. The number of anilines is 1. The SMILES string of the molecule is Cc1cnc(N)c(OC(=O)C(F)(F)F)c1. The highest BCUT2D eigenvalue weighted by Crippen LogP contribution is 2.24. The zero-order valence-electron chi connectivity index (χ0n) is 7.63. The summed E-state index contributed by atoms with van der Waals surface area (Å²) in [5, 5.41) is 0. The molecule has 0 saturated heterocycles. The molecule has 0 spiro atoms. The normalized spacial score (nSPS) is 11.2. The molecule has 0 saturated carbocycles. The molecular weight excluding hydrogens is 213 g/mol. The van der Waals surface area contributed by atoms with E-state index in [1.165, 1.54) is 12.3 Å². The first-order valence-corrected chi connectivity index (χ1v) is 3.82. The van der Waals surface area contributed by atoms with E-state index in [1.54, 1.807) is 6.92 Å². The molecule has 0 aliphatic heterocycles. The van der Waals surface area contributed by atoms with Crippen LogP contribution in [-0.4, -0.2) is 17.1 Å². The molecule has 0 aromatic carbocycles. The molecule has 0 aliphatic carbocycles.